The van der Waals surface area contributed by atoms with E-state index in [2.05, 4.69) is 34.3 Å². The highest BCUT2D eigenvalue weighted by molar-refractivity contribution is 7.99. The van der Waals surface area contributed by atoms with Crippen molar-refractivity contribution in [2.75, 3.05) is 11.1 Å². The van der Waals surface area contributed by atoms with E-state index in [1.807, 2.05) is 35.2 Å². The molecule has 3 rings (SSSR count). The first-order chi connectivity index (χ1) is 11.1. The second-order valence-corrected chi connectivity index (χ2v) is 6.85. The van der Waals surface area contributed by atoms with Crippen LogP contribution in [0.2, 0.25) is 0 Å². The molecule has 1 amide bonds. The summed E-state index contributed by atoms with van der Waals surface area (Å²) >= 11 is 2.83. The molecule has 23 heavy (non-hydrogen) atoms. The fourth-order valence-corrected chi connectivity index (χ4v) is 3.55. The minimum Gasteiger partial charge on any atom is -0.301 e. The number of carbonyl (C=O) groups excluding carboxylic acids is 1. The third kappa shape index (κ3) is 4.00. The lowest BCUT2D eigenvalue weighted by Crippen LogP contribution is -2.14. The molecule has 0 bridgehead atoms. The van der Waals surface area contributed by atoms with E-state index in [0.717, 1.165) is 16.5 Å². The molecule has 0 aliphatic carbocycles. The van der Waals surface area contributed by atoms with Crippen molar-refractivity contribution in [3.05, 3.63) is 53.3 Å². The van der Waals surface area contributed by atoms with E-state index in [-0.39, 0.29) is 5.91 Å². The van der Waals surface area contributed by atoms with Gasteiger partial charge in [-0.05, 0) is 31.5 Å². The SMILES string of the molecule is Cc1cccc(-n2ccnc2SCC(=O)Nc2nc(C)cs2)c1. The Kier molecular flexibility index (Phi) is 4.78. The van der Waals surface area contributed by atoms with Gasteiger partial charge in [0.1, 0.15) is 0 Å². The van der Waals surface area contributed by atoms with Crippen LogP contribution in [0.5, 0.6) is 0 Å². The fraction of sp³-hybridized carbons (Fsp3) is 0.188. The van der Waals surface area contributed by atoms with Crippen molar-refractivity contribution in [3.8, 4) is 5.69 Å². The average molecular weight is 344 g/mol. The van der Waals surface area contributed by atoms with Crippen molar-refractivity contribution in [2.45, 2.75) is 19.0 Å². The van der Waals surface area contributed by atoms with Gasteiger partial charge in [-0.1, -0.05) is 23.9 Å². The topological polar surface area (TPSA) is 59.8 Å². The molecule has 0 unspecified atom stereocenters. The van der Waals surface area contributed by atoms with Crippen LogP contribution in [0.25, 0.3) is 5.69 Å². The number of carbonyl (C=O) groups is 1. The summed E-state index contributed by atoms with van der Waals surface area (Å²) in [5.41, 5.74) is 3.14. The average Bonchev–Trinajstić information content (AvgIpc) is 3.14. The van der Waals surface area contributed by atoms with Gasteiger partial charge in [0.25, 0.3) is 0 Å². The largest absolute Gasteiger partial charge is 0.301 e. The van der Waals surface area contributed by atoms with Gasteiger partial charge in [0.05, 0.1) is 11.4 Å². The molecule has 0 saturated carbocycles. The standard InChI is InChI=1S/C16H16N4OS2/c1-11-4-3-5-13(8-11)20-7-6-17-16(20)23-10-14(21)19-15-18-12(2)9-22-15/h3-9H,10H2,1-2H3,(H,18,19,21). The Labute approximate surface area is 142 Å². The molecular formula is C16H16N4OS2. The maximum absolute atomic E-state index is 12.0. The molecule has 0 saturated heterocycles. The van der Waals surface area contributed by atoms with Gasteiger partial charge >= 0.3 is 0 Å². The van der Waals surface area contributed by atoms with E-state index >= 15 is 0 Å². The summed E-state index contributed by atoms with van der Waals surface area (Å²) in [6, 6.07) is 8.18. The number of benzene rings is 1. The number of aryl methyl sites for hydroxylation is 2. The molecule has 118 valence electrons. The molecule has 0 atom stereocenters. The van der Waals surface area contributed by atoms with Crippen molar-refractivity contribution >= 4 is 34.1 Å². The Morgan fingerprint density at radius 2 is 2.26 bits per heavy atom. The van der Waals surface area contributed by atoms with Gasteiger partial charge < -0.3 is 5.32 Å². The van der Waals surface area contributed by atoms with E-state index in [1.165, 1.54) is 28.7 Å². The molecule has 0 radical (unpaired) electrons. The van der Waals surface area contributed by atoms with Gasteiger partial charge in [-0.2, -0.15) is 0 Å². The summed E-state index contributed by atoms with van der Waals surface area (Å²) in [6.07, 6.45) is 3.64. The normalized spacial score (nSPS) is 10.7. The van der Waals surface area contributed by atoms with Crippen molar-refractivity contribution in [3.63, 3.8) is 0 Å². The summed E-state index contributed by atoms with van der Waals surface area (Å²) in [7, 11) is 0. The molecule has 0 aliphatic heterocycles. The summed E-state index contributed by atoms with van der Waals surface area (Å²) in [5, 5.41) is 6.14. The predicted octanol–water partition coefficient (Wildman–Crippen LogP) is 3.68. The van der Waals surface area contributed by atoms with E-state index in [9.17, 15) is 4.79 Å². The highest BCUT2D eigenvalue weighted by atomic mass is 32.2. The highest BCUT2D eigenvalue weighted by Gasteiger charge is 2.10. The van der Waals surface area contributed by atoms with Crippen molar-refractivity contribution < 1.29 is 4.79 Å². The lowest BCUT2D eigenvalue weighted by molar-refractivity contribution is -0.113. The third-order valence-electron chi connectivity index (χ3n) is 3.08. The first-order valence-corrected chi connectivity index (χ1v) is 8.93. The summed E-state index contributed by atoms with van der Waals surface area (Å²) < 4.78 is 1.98. The zero-order valence-electron chi connectivity index (χ0n) is 12.8. The Balaban J connectivity index is 1.65. The second-order valence-electron chi connectivity index (χ2n) is 5.05. The quantitative estimate of drug-likeness (QED) is 0.717. The summed E-state index contributed by atoms with van der Waals surface area (Å²) in [5.74, 6) is 0.213. The van der Waals surface area contributed by atoms with Crippen LogP contribution in [0.1, 0.15) is 11.3 Å². The van der Waals surface area contributed by atoms with Crippen LogP contribution in [0, 0.1) is 13.8 Å². The van der Waals surface area contributed by atoms with Gasteiger partial charge in [0.15, 0.2) is 10.3 Å². The molecule has 2 aromatic heterocycles. The number of amides is 1. The highest BCUT2D eigenvalue weighted by Crippen LogP contribution is 2.22. The molecule has 7 heteroatoms. The van der Waals surface area contributed by atoms with E-state index in [0.29, 0.717) is 10.9 Å². The van der Waals surface area contributed by atoms with Gasteiger partial charge in [-0.25, -0.2) is 9.97 Å². The second kappa shape index (κ2) is 6.97. The number of aromatic nitrogens is 3. The van der Waals surface area contributed by atoms with Crippen LogP contribution in [0.3, 0.4) is 0 Å². The number of thiazole rings is 1. The van der Waals surface area contributed by atoms with Crippen LogP contribution in [-0.2, 0) is 4.79 Å². The molecule has 0 aliphatic rings. The smallest absolute Gasteiger partial charge is 0.236 e. The van der Waals surface area contributed by atoms with E-state index in [1.54, 1.807) is 6.20 Å². The number of hydrogen-bond acceptors (Lipinski definition) is 5. The zero-order valence-corrected chi connectivity index (χ0v) is 14.4. The number of hydrogen-bond donors (Lipinski definition) is 1. The van der Waals surface area contributed by atoms with Crippen LogP contribution < -0.4 is 5.32 Å². The van der Waals surface area contributed by atoms with E-state index < -0.39 is 0 Å². The fourth-order valence-electron chi connectivity index (χ4n) is 2.07. The first kappa shape index (κ1) is 15.8. The molecule has 3 aromatic rings. The van der Waals surface area contributed by atoms with E-state index in [4.69, 9.17) is 0 Å². The first-order valence-electron chi connectivity index (χ1n) is 7.07. The molecular weight excluding hydrogens is 328 g/mol. The van der Waals surface area contributed by atoms with Crippen LogP contribution >= 0.6 is 23.1 Å². The van der Waals surface area contributed by atoms with Crippen LogP contribution in [0.15, 0.2) is 47.2 Å². The Bertz CT molecular complexity index is 825. The number of anilines is 1. The number of rotatable bonds is 5. The monoisotopic (exact) mass is 344 g/mol. The Morgan fingerprint density at radius 3 is 3.00 bits per heavy atom. The molecule has 1 aromatic carbocycles. The maximum Gasteiger partial charge on any atom is 0.236 e. The Morgan fingerprint density at radius 1 is 1.39 bits per heavy atom. The van der Waals surface area contributed by atoms with Gasteiger partial charge in [-0.15, -0.1) is 11.3 Å². The van der Waals surface area contributed by atoms with Crippen molar-refractivity contribution in [1.29, 1.82) is 0 Å². The van der Waals surface area contributed by atoms with Gasteiger partial charge in [0.2, 0.25) is 5.91 Å². The minimum absolute atomic E-state index is 0.0804. The zero-order chi connectivity index (χ0) is 16.2. The summed E-state index contributed by atoms with van der Waals surface area (Å²) in [4.78, 5) is 20.6. The molecule has 2 heterocycles. The van der Waals surface area contributed by atoms with Crippen molar-refractivity contribution in [1.82, 2.24) is 14.5 Å². The van der Waals surface area contributed by atoms with Crippen LogP contribution in [-0.4, -0.2) is 26.2 Å². The molecule has 0 spiro atoms. The van der Waals surface area contributed by atoms with Crippen molar-refractivity contribution in [2.24, 2.45) is 0 Å². The lowest BCUT2D eigenvalue weighted by atomic mass is 10.2. The Hall–Kier alpha value is -2.12. The number of thioether (sulfide) groups is 1. The number of nitrogens with one attached hydrogen (secondary N) is 1. The van der Waals surface area contributed by atoms with Gasteiger partial charge in [-0.3, -0.25) is 9.36 Å². The van der Waals surface area contributed by atoms with Gasteiger partial charge in [0, 0.05) is 23.5 Å². The lowest BCUT2D eigenvalue weighted by Gasteiger charge is -2.08. The molecule has 0 fully saturated rings. The number of imidazole rings is 1. The molecule has 5 nitrogen and oxygen atoms in total. The maximum atomic E-state index is 12.0. The number of nitrogens with zero attached hydrogens (tertiary/aromatic N) is 3. The summed E-state index contributed by atoms with van der Waals surface area (Å²) in [6.45, 7) is 3.95. The minimum atomic E-state index is -0.0804. The predicted molar refractivity (Wildman–Crippen MR) is 94.5 cm³/mol. The molecule has 1 N–H and O–H groups in total. The van der Waals surface area contributed by atoms with Crippen LogP contribution in [0.4, 0.5) is 5.13 Å². The third-order valence-corrected chi connectivity index (χ3v) is 4.93.